The Morgan fingerprint density at radius 3 is 2.27 bits per heavy atom. The second-order valence-electron chi connectivity index (χ2n) is 8.69. The fourth-order valence-corrected chi connectivity index (χ4v) is 5.59. The molecule has 3 heterocycles. The number of amides is 1. The number of halogens is 1. The van der Waals surface area contributed by atoms with Crippen molar-refractivity contribution in [2.24, 2.45) is 0 Å². The lowest BCUT2D eigenvalue weighted by Crippen LogP contribution is -2.57. The average Bonchev–Trinajstić information content (AvgIpc) is 3.32. The van der Waals surface area contributed by atoms with E-state index in [4.69, 9.17) is 11.6 Å². The van der Waals surface area contributed by atoms with Crippen molar-refractivity contribution < 1.29 is 4.79 Å². The largest absolute Gasteiger partial charge is 0.339 e. The molecule has 2 N–H and O–H groups in total. The number of aryl methyl sites for hydroxylation is 1. The summed E-state index contributed by atoms with van der Waals surface area (Å²) in [4.78, 5) is 30.0. The molecular formula is C25H28ClN5O2. The molecule has 0 aliphatic carbocycles. The highest BCUT2D eigenvalue weighted by Gasteiger charge is 2.51. The molecule has 172 valence electrons. The zero-order chi connectivity index (χ0) is 23.0. The monoisotopic (exact) mass is 465 g/mol. The summed E-state index contributed by atoms with van der Waals surface area (Å²) in [5.41, 5.74) is 2.08. The van der Waals surface area contributed by atoms with Gasteiger partial charge in [-0.25, -0.2) is 0 Å². The normalized spacial score (nSPS) is 19.1. The highest BCUT2D eigenvalue weighted by Crippen LogP contribution is 2.40. The maximum Gasteiger partial charge on any atom is 0.283 e. The quantitative estimate of drug-likeness (QED) is 0.606. The number of aromatic nitrogens is 2. The fourth-order valence-electron chi connectivity index (χ4n) is 5.35. The Labute approximate surface area is 197 Å². The Kier molecular flexibility index (Phi) is 5.76. The van der Waals surface area contributed by atoms with E-state index in [9.17, 15) is 9.59 Å². The Hall–Kier alpha value is -3.03. The summed E-state index contributed by atoms with van der Waals surface area (Å²) in [5, 5.41) is 6.16. The second-order valence-corrected chi connectivity index (χ2v) is 9.07. The Morgan fingerprint density at radius 1 is 1.00 bits per heavy atom. The highest BCUT2D eigenvalue weighted by molar-refractivity contribution is 6.31. The zero-order valence-electron chi connectivity index (χ0n) is 18.6. The lowest BCUT2D eigenvalue weighted by molar-refractivity contribution is -0.125. The van der Waals surface area contributed by atoms with Crippen molar-refractivity contribution in [1.29, 1.82) is 0 Å². The molecule has 1 atom stereocenters. The third kappa shape index (κ3) is 3.65. The van der Waals surface area contributed by atoms with Gasteiger partial charge in [-0.1, -0.05) is 60.1 Å². The summed E-state index contributed by atoms with van der Waals surface area (Å²) in [6.45, 7) is 4.53. The van der Waals surface area contributed by atoms with Gasteiger partial charge in [0.2, 0.25) is 5.91 Å². The van der Waals surface area contributed by atoms with Gasteiger partial charge in [-0.05, 0) is 37.5 Å². The van der Waals surface area contributed by atoms with Crippen LogP contribution in [-0.2, 0) is 11.3 Å². The molecule has 2 aromatic carbocycles. The molecule has 2 aliphatic rings. The van der Waals surface area contributed by atoms with Gasteiger partial charge >= 0.3 is 0 Å². The molecule has 1 spiro atoms. The molecule has 2 saturated heterocycles. The molecule has 1 amide bonds. The number of nitrogens with zero attached hydrogens (tertiary/aromatic N) is 3. The molecule has 0 radical (unpaired) electrons. The number of likely N-dealkylation sites (tertiary alicyclic amines) is 1. The molecule has 1 unspecified atom stereocenters. The lowest BCUT2D eigenvalue weighted by atomic mass is 9.84. The van der Waals surface area contributed by atoms with Crippen molar-refractivity contribution in [3.63, 3.8) is 0 Å². The molecule has 7 nitrogen and oxygen atoms in total. The Bertz CT molecular complexity index is 1180. The van der Waals surface area contributed by atoms with Gasteiger partial charge in [0.05, 0.1) is 18.4 Å². The topological polar surface area (TPSA) is 73.4 Å². The summed E-state index contributed by atoms with van der Waals surface area (Å²) in [7, 11) is 0. The van der Waals surface area contributed by atoms with Gasteiger partial charge in [0.15, 0.2) is 0 Å². The van der Waals surface area contributed by atoms with Crippen LogP contribution >= 0.6 is 11.6 Å². The van der Waals surface area contributed by atoms with Gasteiger partial charge in [0, 0.05) is 25.3 Å². The number of para-hydroxylation sites is 1. The minimum atomic E-state index is -0.564. The van der Waals surface area contributed by atoms with Crippen molar-refractivity contribution in [2.45, 2.75) is 37.9 Å². The van der Waals surface area contributed by atoms with Crippen molar-refractivity contribution in [3.8, 4) is 0 Å². The standard InChI is InChI=1S/C25H28ClN5O2/c1-2-31-22(20(26)23(32)28-31)21(18-9-5-3-6-10-18)29-15-13-25(14-16-29)24(33)27-17-30(25)19-11-7-4-8-12-19/h3-12,21H,2,13-17H2,1H3,(H,27,33)(H,28,32). The van der Waals surface area contributed by atoms with E-state index in [0.717, 1.165) is 16.9 Å². The predicted molar refractivity (Wildman–Crippen MR) is 129 cm³/mol. The molecule has 33 heavy (non-hydrogen) atoms. The van der Waals surface area contributed by atoms with Crippen LogP contribution in [0.4, 0.5) is 5.69 Å². The Morgan fingerprint density at radius 2 is 1.64 bits per heavy atom. The van der Waals surface area contributed by atoms with Gasteiger partial charge in [-0.15, -0.1) is 0 Å². The summed E-state index contributed by atoms with van der Waals surface area (Å²) in [5.74, 6) is 0.0902. The number of carbonyl (C=O) groups excluding carboxylic acids is 1. The third-order valence-corrected chi connectivity index (χ3v) is 7.40. The van der Waals surface area contributed by atoms with Crippen LogP contribution in [0.3, 0.4) is 0 Å². The molecular weight excluding hydrogens is 438 g/mol. The molecule has 2 aliphatic heterocycles. The zero-order valence-corrected chi connectivity index (χ0v) is 19.4. The number of hydrogen-bond acceptors (Lipinski definition) is 4. The van der Waals surface area contributed by atoms with Crippen LogP contribution < -0.4 is 15.8 Å². The summed E-state index contributed by atoms with van der Waals surface area (Å²) >= 11 is 6.54. The number of nitrogens with one attached hydrogen (secondary N) is 2. The molecule has 3 aromatic rings. The predicted octanol–water partition coefficient (Wildman–Crippen LogP) is 3.37. The number of hydrogen-bond donors (Lipinski definition) is 2. The van der Waals surface area contributed by atoms with E-state index in [1.165, 1.54) is 0 Å². The molecule has 0 bridgehead atoms. The van der Waals surface area contributed by atoms with Crippen molar-refractivity contribution >= 4 is 23.2 Å². The SMILES string of the molecule is CCn1[nH]c(=O)c(Cl)c1C(c1ccccc1)N1CCC2(CC1)C(=O)NCN2c1ccccc1. The summed E-state index contributed by atoms with van der Waals surface area (Å²) in [6, 6.07) is 20.1. The molecule has 0 saturated carbocycles. The molecule has 2 fully saturated rings. The number of carbonyl (C=O) groups is 1. The van der Waals surface area contributed by atoms with E-state index < -0.39 is 5.54 Å². The van der Waals surface area contributed by atoms with E-state index in [1.54, 1.807) is 0 Å². The third-order valence-electron chi connectivity index (χ3n) is 7.04. The minimum Gasteiger partial charge on any atom is -0.339 e. The number of anilines is 1. The van der Waals surface area contributed by atoms with Crippen LogP contribution in [0.5, 0.6) is 0 Å². The van der Waals surface area contributed by atoms with Crippen molar-refractivity contribution in [3.05, 3.63) is 87.3 Å². The van der Waals surface area contributed by atoms with Crippen LogP contribution in [0.15, 0.2) is 65.5 Å². The average molecular weight is 466 g/mol. The lowest BCUT2D eigenvalue weighted by Gasteiger charge is -2.45. The van der Waals surface area contributed by atoms with E-state index in [-0.39, 0.29) is 22.5 Å². The fraction of sp³-hybridized carbons (Fsp3) is 0.360. The van der Waals surface area contributed by atoms with Crippen LogP contribution in [0.1, 0.15) is 37.1 Å². The van der Waals surface area contributed by atoms with Gasteiger partial charge in [-0.3, -0.25) is 24.3 Å². The number of rotatable bonds is 5. The number of benzene rings is 2. The van der Waals surface area contributed by atoms with Crippen molar-refractivity contribution in [2.75, 3.05) is 24.7 Å². The summed E-state index contributed by atoms with van der Waals surface area (Å²) < 4.78 is 1.84. The van der Waals surface area contributed by atoms with E-state index in [2.05, 4.69) is 44.5 Å². The Balaban J connectivity index is 1.49. The first kappa shape index (κ1) is 21.8. The van der Waals surface area contributed by atoms with Crippen LogP contribution in [0, 0.1) is 0 Å². The molecule has 5 rings (SSSR count). The van der Waals surface area contributed by atoms with E-state index in [1.807, 2.05) is 48.0 Å². The van der Waals surface area contributed by atoms with Gasteiger partial charge in [0.1, 0.15) is 10.6 Å². The van der Waals surface area contributed by atoms with Gasteiger partial charge < -0.3 is 10.2 Å². The first-order valence-electron chi connectivity index (χ1n) is 11.4. The van der Waals surface area contributed by atoms with Crippen LogP contribution in [0.2, 0.25) is 5.02 Å². The minimum absolute atomic E-state index is 0.0902. The highest BCUT2D eigenvalue weighted by atomic mass is 35.5. The maximum absolute atomic E-state index is 13.1. The number of aromatic amines is 1. The second kappa shape index (κ2) is 8.72. The molecule has 1 aromatic heterocycles. The maximum atomic E-state index is 13.1. The first-order valence-corrected chi connectivity index (χ1v) is 11.8. The van der Waals surface area contributed by atoms with Crippen LogP contribution in [0.25, 0.3) is 0 Å². The first-order chi connectivity index (χ1) is 16.0. The number of H-pyrrole nitrogens is 1. The van der Waals surface area contributed by atoms with Crippen LogP contribution in [-0.4, -0.2) is 45.9 Å². The smallest absolute Gasteiger partial charge is 0.283 e. The van der Waals surface area contributed by atoms with E-state index >= 15 is 0 Å². The van der Waals surface area contributed by atoms with Gasteiger partial charge in [0.25, 0.3) is 5.56 Å². The van der Waals surface area contributed by atoms with Crippen molar-refractivity contribution in [1.82, 2.24) is 20.0 Å². The van der Waals surface area contributed by atoms with Gasteiger partial charge in [-0.2, -0.15) is 0 Å². The number of piperidine rings is 1. The molecule has 8 heteroatoms. The van der Waals surface area contributed by atoms with E-state index in [0.29, 0.717) is 39.1 Å². The summed E-state index contributed by atoms with van der Waals surface area (Å²) in [6.07, 6.45) is 1.38.